The van der Waals surface area contributed by atoms with Crippen molar-refractivity contribution in [1.82, 2.24) is 19.7 Å². The average Bonchev–Trinajstić information content (AvgIpc) is 3.93. The largest absolute Gasteiger partial charge is 0.494 e. The summed E-state index contributed by atoms with van der Waals surface area (Å²) in [7, 11) is 0. The topological polar surface area (TPSA) is 121 Å². The molecule has 352 valence electrons. The van der Waals surface area contributed by atoms with Crippen LogP contribution in [0.5, 0.6) is 5.75 Å². The van der Waals surface area contributed by atoms with Crippen molar-refractivity contribution >= 4 is 34.2 Å². The van der Waals surface area contributed by atoms with Crippen molar-refractivity contribution in [3.8, 4) is 5.75 Å². The number of nitrogens with one attached hydrogen (secondary N) is 1. The van der Waals surface area contributed by atoms with E-state index in [1.807, 2.05) is 4.90 Å². The number of hydrogen-bond donors (Lipinski definition) is 2. The van der Waals surface area contributed by atoms with Crippen molar-refractivity contribution < 1.29 is 28.2 Å². The van der Waals surface area contributed by atoms with Crippen molar-refractivity contribution in [2.24, 2.45) is 11.7 Å². The Bertz CT molecular complexity index is 2290. The molecule has 0 aliphatic carbocycles. The van der Waals surface area contributed by atoms with E-state index in [0.29, 0.717) is 61.5 Å². The molecule has 0 bridgehead atoms. The van der Waals surface area contributed by atoms with Gasteiger partial charge in [-0.1, -0.05) is 93.7 Å². The van der Waals surface area contributed by atoms with Crippen LogP contribution in [-0.2, 0) is 19.7 Å². The number of nitrogens with zero attached hydrogens (tertiary/aromatic N) is 3. The van der Waals surface area contributed by atoms with Crippen LogP contribution in [0, 0.1) is 11.7 Å². The van der Waals surface area contributed by atoms with Crippen LogP contribution in [0.25, 0.3) is 16.5 Å². The van der Waals surface area contributed by atoms with Crippen molar-refractivity contribution in [3.63, 3.8) is 0 Å². The molecule has 2 atom stereocenters. The van der Waals surface area contributed by atoms with Crippen LogP contribution in [-0.4, -0.2) is 96.0 Å². The number of morpholine rings is 1. The first-order valence-electron chi connectivity index (χ1n) is 24.0. The third-order valence-corrected chi connectivity index (χ3v) is 12.7. The van der Waals surface area contributed by atoms with E-state index in [1.165, 1.54) is 12.1 Å². The number of benzene rings is 2. The summed E-state index contributed by atoms with van der Waals surface area (Å²) >= 11 is 0. The fourth-order valence-corrected chi connectivity index (χ4v) is 9.43. The Morgan fingerprint density at radius 1 is 0.848 bits per heavy atom. The molecule has 3 aromatic rings. The maximum Gasteiger partial charge on any atom is 0.258 e. The van der Waals surface area contributed by atoms with Gasteiger partial charge in [-0.15, -0.1) is 0 Å². The number of aromatic nitrogens is 1. The minimum absolute atomic E-state index is 0.0680. The standard InChI is InChI=1S/C55H70FN5O5/c1-4-5-6-7-8-9-10-11-12-13-14-15-16-17-18-19-20-21-22-24-49(62)60-33-31-43(40-60)52-55(2,3)50-46-30-27-44(56)39-48(46)58-51(50)47(53(57)63)41-61(52)54(64)42-25-28-45(29-26-42)66-36-23-32-59-34-37-65-38-35-59/h5-6,8-9,11-12,14-15,17-18,20-21,25-30,39,41,43,52,58H,4,7,10,13,16,19,22-24,31-38,40H2,1-3H3,(H2,57,63)/b6-5-,9-8-,12-11-,15-14-,18-17-,21-20-/t43-,52?/m1/s1. The number of nitrogens with two attached hydrogens (primary N) is 1. The van der Waals surface area contributed by atoms with Crippen LogP contribution in [0.3, 0.4) is 0 Å². The van der Waals surface area contributed by atoms with Gasteiger partial charge in [0.15, 0.2) is 0 Å². The quantitative estimate of drug-likeness (QED) is 0.0765. The highest BCUT2D eigenvalue weighted by molar-refractivity contribution is 6.20. The number of halogens is 1. The van der Waals surface area contributed by atoms with Gasteiger partial charge in [-0.25, -0.2) is 4.39 Å². The third-order valence-electron chi connectivity index (χ3n) is 12.7. The fraction of sp³-hybridized carbons (Fsp3) is 0.436. The van der Waals surface area contributed by atoms with Crippen LogP contribution in [0.1, 0.15) is 107 Å². The van der Waals surface area contributed by atoms with E-state index in [1.54, 1.807) is 41.4 Å². The molecule has 1 aromatic heterocycles. The van der Waals surface area contributed by atoms with Crippen LogP contribution < -0.4 is 10.5 Å². The highest BCUT2D eigenvalue weighted by Gasteiger charge is 2.49. The van der Waals surface area contributed by atoms with E-state index in [9.17, 15) is 18.8 Å². The van der Waals surface area contributed by atoms with Crippen molar-refractivity contribution in [2.45, 2.75) is 96.4 Å². The fourth-order valence-electron chi connectivity index (χ4n) is 9.43. The first kappa shape index (κ1) is 49.6. The SMILES string of the molecule is CC/C=C\C/C=C\C/C=C\C/C=C\C/C=C\C/C=C\CCC(=O)N1CC[C@@H](C2N(C(=O)c3ccc(OCCCN4CCOCC4)cc3)C=C(C(N)=O)c3[nH]c4cc(F)ccc4c3C2(C)C)C1. The predicted octanol–water partition coefficient (Wildman–Crippen LogP) is 10.4. The monoisotopic (exact) mass is 900 g/mol. The van der Waals surface area contributed by atoms with Crippen LogP contribution in [0.2, 0.25) is 0 Å². The molecule has 10 nitrogen and oxygen atoms in total. The van der Waals surface area contributed by atoms with E-state index >= 15 is 0 Å². The molecule has 0 saturated carbocycles. The van der Waals surface area contributed by atoms with E-state index < -0.39 is 23.2 Å². The number of fused-ring (bicyclic) bond motifs is 3. The van der Waals surface area contributed by atoms with Crippen LogP contribution >= 0.6 is 0 Å². The van der Waals surface area contributed by atoms with Crippen LogP contribution in [0.4, 0.5) is 4.39 Å². The lowest BCUT2D eigenvalue weighted by Gasteiger charge is -2.43. The number of carbonyl (C=O) groups is 3. The molecule has 2 fully saturated rings. The first-order valence-corrected chi connectivity index (χ1v) is 24.0. The second-order valence-corrected chi connectivity index (χ2v) is 17.9. The highest BCUT2D eigenvalue weighted by Crippen LogP contribution is 2.47. The maximum absolute atomic E-state index is 14.8. The number of allylic oxidation sites excluding steroid dienone is 12. The zero-order chi connectivity index (χ0) is 46.7. The summed E-state index contributed by atoms with van der Waals surface area (Å²) < 4.78 is 26.1. The first-order chi connectivity index (χ1) is 32.1. The molecule has 4 heterocycles. The zero-order valence-electron chi connectivity index (χ0n) is 39.3. The molecule has 3 N–H and O–H groups in total. The summed E-state index contributed by atoms with van der Waals surface area (Å²) in [5.41, 5.74) is 7.65. The number of carbonyl (C=O) groups excluding carboxylic acids is 3. The number of ether oxygens (including phenoxy) is 2. The lowest BCUT2D eigenvalue weighted by molar-refractivity contribution is -0.130. The average molecular weight is 900 g/mol. The summed E-state index contributed by atoms with van der Waals surface area (Å²) in [6.07, 6.45) is 35.8. The second kappa shape index (κ2) is 25.2. The number of aromatic amines is 1. The van der Waals surface area contributed by atoms with Gasteiger partial charge in [0.25, 0.3) is 11.8 Å². The Balaban J connectivity index is 1.08. The number of rotatable bonds is 22. The van der Waals surface area contributed by atoms with Crippen molar-refractivity contribution in [1.29, 1.82) is 0 Å². The zero-order valence-corrected chi connectivity index (χ0v) is 39.3. The molecule has 3 aliphatic heterocycles. The number of primary amides is 1. The van der Waals surface area contributed by atoms with Gasteiger partial charge < -0.3 is 30.0 Å². The highest BCUT2D eigenvalue weighted by atomic mass is 19.1. The number of amides is 3. The molecule has 6 rings (SSSR count). The van der Waals surface area contributed by atoms with E-state index in [4.69, 9.17) is 15.2 Å². The molecule has 11 heteroatoms. The summed E-state index contributed by atoms with van der Waals surface area (Å²) in [4.78, 5) is 51.0. The lowest BCUT2D eigenvalue weighted by atomic mass is 9.70. The Morgan fingerprint density at radius 3 is 2.09 bits per heavy atom. The van der Waals surface area contributed by atoms with Gasteiger partial charge in [0.2, 0.25) is 5.91 Å². The van der Waals surface area contributed by atoms with Gasteiger partial charge >= 0.3 is 0 Å². The van der Waals surface area contributed by atoms with Crippen LogP contribution in [0.15, 0.2) is 122 Å². The summed E-state index contributed by atoms with van der Waals surface area (Å²) in [6, 6.07) is 11.1. The normalized spacial score (nSPS) is 19.4. The Kier molecular flexibility index (Phi) is 19.0. The number of hydrogen-bond acceptors (Lipinski definition) is 6. The maximum atomic E-state index is 14.8. The molecular formula is C55H70FN5O5. The second-order valence-electron chi connectivity index (χ2n) is 17.9. The molecule has 3 amide bonds. The summed E-state index contributed by atoms with van der Waals surface area (Å²) in [5.74, 6) is -0.830. The van der Waals surface area contributed by atoms with Gasteiger partial charge in [-0.3, -0.25) is 19.3 Å². The minimum atomic E-state index is -0.784. The van der Waals surface area contributed by atoms with Gasteiger partial charge in [-0.2, -0.15) is 0 Å². The number of H-pyrrole nitrogens is 1. The van der Waals surface area contributed by atoms with E-state index in [-0.39, 0.29) is 23.3 Å². The molecule has 0 radical (unpaired) electrons. The third kappa shape index (κ3) is 13.6. The summed E-state index contributed by atoms with van der Waals surface area (Å²) in [5, 5.41) is 0.750. The molecular weight excluding hydrogens is 830 g/mol. The molecule has 2 aromatic carbocycles. The molecule has 66 heavy (non-hydrogen) atoms. The summed E-state index contributed by atoms with van der Waals surface area (Å²) in [6.45, 7) is 12.1. The predicted molar refractivity (Wildman–Crippen MR) is 264 cm³/mol. The Hall–Kier alpha value is -5.78. The number of likely N-dealkylation sites (tertiary alicyclic amines) is 1. The Morgan fingerprint density at radius 2 is 1.47 bits per heavy atom. The molecule has 0 spiro atoms. The minimum Gasteiger partial charge on any atom is -0.494 e. The smallest absolute Gasteiger partial charge is 0.258 e. The van der Waals surface area contributed by atoms with Gasteiger partial charge in [0, 0.05) is 67.2 Å². The molecule has 2 saturated heterocycles. The van der Waals surface area contributed by atoms with Crippen molar-refractivity contribution in [3.05, 3.63) is 144 Å². The van der Waals surface area contributed by atoms with E-state index in [2.05, 4.69) is 104 Å². The van der Waals surface area contributed by atoms with Crippen molar-refractivity contribution in [2.75, 3.05) is 52.5 Å². The van der Waals surface area contributed by atoms with Gasteiger partial charge in [0.05, 0.1) is 37.1 Å². The van der Waals surface area contributed by atoms with Gasteiger partial charge in [0.1, 0.15) is 11.6 Å². The molecule has 3 aliphatic rings. The Labute approximate surface area is 391 Å². The lowest BCUT2D eigenvalue weighted by Crippen LogP contribution is -2.52. The molecule has 1 unspecified atom stereocenters. The van der Waals surface area contributed by atoms with E-state index in [0.717, 1.165) is 88.7 Å². The van der Waals surface area contributed by atoms with Gasteiger partial charge in [-0.05, 0) is 112 Å².